The van der Waals surface area contributed by atoms with Crippen LogP contribution in [-0.4, -0.2) is 35.0 Å². The number of ether oxygens (including phenoxy) is 2. The summed E-state index contributed by atoms with van der Waals surface area (Å²) >= 11 is 3.42. The van der Waals surface area contributed by atoms with Crippen LogP contribution in [0.5, 0.6) is 11.5 Å². The van der Waals surface area contributed by atoms with Crippen molar-refractivity contribution < 1.29 is 24.2 Å². The first-order chi connectivity index (χ1) is 16.5. The second-order valence-electron chi connectivity index (χ2n) is 7.46. The van der Waals surface area contributed by atoms with Gasteiger partial charge in [0.2, 0.25) is 0 Å². The molecule has 1 fully saturated rings. The molecular formula is C26H23BrN2O5. The second kappa shape index (κ2) is 10.1. The number of benzene rings is 2. The first kappa shape index (κ1) is 23.5. The summed E-state index contributed by atoms with van der Waals surface area (Å²) in [6.07, 6.45) is 3.19. The molecule has 1 amide bonds. The minimum Gasteiger partial charge on any atom is -0.507 e. The van der Waals surface area contributed by atoms with Gasteiger partial charge in [0.15, 0.2) is 0 Å². The van der Waals surface area contributed by atoms with Crippen molar-refractivity contribution >= 4 is 39.1 Å². The van der Waals surface area contributed by atoms with Crippen LogP contribution in [0.2, 0.25) is 0 Å². The molecule has 2 aromatic carbocycles. The van der Waals surface area contributed by atoms with Crippen LogP contribution in [0, 0.1) is 0 Å². The highest BCUT2D eigenvalue weighted by molar-refractivity contribution is 9.10. The molecule has 1 aliphatic heterocycles. The lowest BCUT2D eigenvalue weighted by Gasteiger charge is -2.25. The Morgan fingerprint density at radius 2 is 1.85 bits per heavy atom. The van der Waals surface area contributed by atoms with E-state index >= 15 is 0 Å². The van der Waals surface area contributed by atoms with Gasteiger partial charge in [0.1, 0.15) is 17.3 Å². The summed E-state index contributed by atoms with van der Waals surface area (Å²) < 4.78 is 12.0. The number of aliphatic hydroxyl groups excluding tert-OH is 1. The van der Waals surface area contributed by atoms with Gasteiger partial charge in [-0.3, -0.25) is 19.5 Å². The molecule has 3 aromatic rings. The number of hydrogen-bond donors (Lipinski definition) is 1. The largest absolute Gasteiger partial charge is 0.507 e. The lowest BCUT2D eigenvalue weighted by Crippen LogP contribution is -2.29. The van der Waals surface area contributed by atoms with Gasteiger partial charge in [-0.15, -0.1) is 0 Å². The molecular weight excluding hydrogens is 500 g/mol. The molecule has 1 aliphatic rings. The molecule has 4 rings (SSSR count). The summed E-state index contributed by atoms with van der Waals surface area (Å²) in [4.78, 5) is 32.1. The van der Waals surface area contributed by atoms with Gasteiger partial charge in [-0.05, 0) is 55.8 Å². The number of hydrogen-bond acceptors (Lipinski definition) is 6. The number of ketones is 1. The maximum absolute atomic E-state index is 13.3. The third-order valence-electron chi connectivity index (χ3n) is 5.35. The number of amides is 1. The molecule has 0 aliphatic carbocycles. The molecule has 8 heteroatoms. The Balaban J connectivity index is 1.93. The van der Waals surface area contributed by atoms with Crippen LogP contribution in [0.4, 0.5) is 5.69 Å². The number of rotatable bonds is 7. The van der Waals surface area contributed by atoms with Crippen LogP contribution in [0.25, 0.3) is 5.76 Å². The topological polar surface area (TPSA) is 89.0 Å². The van der Waals surface area contributed by atoms with E-state index in [9.17, 15) is 14.7 Å². The summed E-state index contributed by atoms with van der Waals surface area (Å²) in [6.45, 7) is 4.49. The first-order valence-corrected chi connectivity index (χ1v) is 11.6. The van der Waals surface area contributed by atoms with Crippen molar-refractivity contribution in [1.82, 2.24) is 4.98 Å². The number of pyridine rings is 1. The van der Waals surface area contributed by atoms with Gasteiger partial charge in [-0.25, -0.2) is 0 Å². The minimum atomic E-state index is -0.871. The maximum Gasteiger partial charge on any atom is 0.300 e. The number of aliphatic hydroxyl groups is 1. The van der Waals surface area contributed by atoms with E-state index in [1.165, 1.54) is 4.90 Å². The molecule has 0 radical (unpaired) electrons. The van der Waals surface area contributed by atoms with E-state index in [4.69, 9.17) is 9.47 Å². The molecule has 1 saturated heterocycles. The summed E-state index contributed by atoms with van der Waals surface area (Å²) in [7, 11) is 0. The van der Waals surface area contributed by atoms with Gasteiger partial charge in [0.25, 0.3) is 11.7 Å². The average Bonchev–Trinajstić information content (AvgIpc) is 3.10. The molecule has 0 spiro atoms. The Bertz CT molecular complexity index is 1260. The van der Waals surface area contributed by atoms with E-state index in [0.29, 0.717) is 41.5 Å². The Labute approximate surface area is 205 Å². The Morgan fingerprint density at radius 3 is 2.53 bits per heavy atom. The Morgan fingerprint density at radius 1 is 1.06 bits per heavy atom. The average molecular weight is 523 g/mol. The molecule has 1 unspecified atom stereocenters. The summed E-state index contributed by atoms with van der Waals surface area (Å²) in [5.41, 5.74) is 1.36. The van der Waals surface area contributed by atoms with Gasteiger partial charge >= 0.3 is 0 Å². The highest BCUT2D eigenvalue weighted by atomic mass is 79.9. The predicted molar refractivity (Wildman–Crippen MR) is 132 cm³/mol. The highest BCUT2D eigenvalue weighted by Gasteiger charge is 2.47. The van der Waals surface area contributed by atoms with Crippen LogP contribution in [-0.2, 0) is 9.59 Å². The van der Waals surface area contributed by atoms with Gasteiger partial charge in [-0.2, -0.15) is 0 Å². The zero-order chi connectivity index (χ0) is 24.2. The van der Waals surface area contributed by atoms with Crippen LogP contribution < -0.4 is 14.4 Å². The standard InChI is InChI=1S/C26H23BrN2O5/c1-3-33-19-10-11-20(21(14-19)34-4-2)24(30)22-23(16-7-6-12-28-15-16)29(26(32)25(22)31)18-9-5-8-17(27)13-18/h5-15,23,30H,3-4H2,1-2H3/b24-22-. The van der Waals surface area contributed by atoms with Crippen molar-refractivity contribution in [3.63, 3.8) is 0 Å². The number of Topliss-reactive ketones (excluding diaryl/α,β-unsaturated/α-hetero) is 1. The van der Waals surface area contributed by atoms with E-state index in [1.54, 1.807) is 60.9 Å². The summed E-state index contributed by atoms with van der Waals surface area (Å²) in [6, 6.07) is 14.7. The van der Waals surface area contributed by atoms with Gasteiger partial charge in [0, 0.05) is 28.6 Å². The van der Waals surface area contributed by atoms with Crippen molar-refractivity contribution in [3.05, 3.63) is 88.2 Å². The smallest absolute Gasteiger partial charge is 0.300 e. The highest BCUT2D eigenvalue weighted by Crippen LogP contribution is 2.43. The number of aromatic nitrogens is 1. The molecule has 174 valence electrons. The first-order valence-electron chi connectivity index (χ1n) is 10.8. The molecule has 1 atom stereocenters. The van der Waals surface area contributed by atoms with Crippen molar-refractivity contribution in [2.24, 2.45) is 0 Å². The van der Waals surface area contributed by atoms with Crippen molar-refractivity contribution in [3.8, 4) is 11.5 Å². The van der Waals surface area contributed by atoms with Crippen LogP contribution >= 0.6 is 15.9 Å². The normalized spacial score (nSPS) is 17.1. The second-order valence-corrected chi connectivity index (χ2v) is 8.37. The van der Waals surface area contributed by atoms with E-state index in [2.05, 4.69) is 20.9 Å². The van der Waals surface area contributed by atoms with Crippen LogP contribution in [0.15, 0.2) is 77.0 Å². The zero-order valence-electron chi connectivity index (χ0n) is 18.7. The molecule has 7 nitrogen and oxygen atoms in total. The van der Waals surface area contributed by atoms with E-state index in [1.807, 2.05) is 19.9 Å². The fourth-order valence-corrected chi connectivity index (χ4v) is 4.34. The van der Waals surface area contributed by atoms with E-state index < -0.39 is 17.7 Å². The summed E-state index contributed by atoms with van der Waals surface area (Å²) in [5.74, 6) is -0.929. The van der Waals surface area contributed by atoms with Crippen LogP contribution in [0.3, 0.4) is 0 Å². The lowest BCUT2D eigenvalue weighted by atomic mass is 9.95. The predicted octanol–water partition coefficient (Wildman–Crippen LogP) is 5.27. The van der Waals surface area contributed by atoms with Gasteiger partial charge in [0.05, 0.1) is 30.4 Å². The maximum atomic E-state index is 13.3. The van der Waals surface area contributed by atoms with Crippen molar-refractivity contribution in [1.29, 1.82) is 0 Å². The third kappa shape index (κ3) is 4.41. The molecule has 34 heavy (non-hydrogen) atoms. The third-order valence-corrected chi connectivity index (χ3v) is 5.84. The zero-order valence-corrected chi connectivity index (χ0v) is 20.3. The number of nitrogens with zero attached hydrogens (tertiary/aromatic N) is 2. The van der Waals surface area contributed by atoms with Gasteiger partial charge < -0.3 is 14.6 Å². The van der Waals surface area contributed by atoms with Crippen molar-refractivity contribution in [2.75, 3.05) is 18.1 Å². The van der Waals surface area contributed by atoms with Crippen LogP contribution in [0.1, 0.15) is 31.0 Å². The summed E-state index contributed by atoms with van der Waals surface area (Å²) in [5, 5.41) is 11.4. The quantitative estimate of drug-likeness (QED) is 0.258. The van der Waals surface area contributed by atoms with Gasteiger partial charge in [-0.1, -0.05) is 28.1 Å². The van der Waals surface area contributed by atoms with E-state index in [0.717, 1.165) is 4.47 Å². The molecule has 0 bridgehead atoms. The number of carbonyl (C=O) groups is 2. The Kier molecular flexibility index (Phi) is 6.98. The van der Waals surface area contributed by atoms with E-state index in [-0.39, 0.29) is 11.3 Å². The monoisotopic (exact) mass is 522 g/mol. The number of carbonyl (C=O) groups excluding carboxylic acids is 2. The molecule has 1 aromatic heterocycles. The molecule has 1 N–H and O–H groups in total. The van der Waals surface area contributed by atoms with Crippen molar-refractivity contribution in [2.45, 2.75) is 19.9 Å². The fourth-order valence-electron chi connectivity index (χ4n) is 3.95. The lowest BCUT2D eigenvalue weighted by molar-refractivity contribution is -0.132. The number of anilines is 1. The fraction of sp³-hybridized carbons (Fsp3) is 0.192. The SMILES string of the molecule is CCOc1ccc(/C(O)=C2/C(=O)C(=O)N(c3cccc(Br)c3)C2c2cccnc2)c(OCC)c1. The number of halogens is 1. The molecule has 0 saturated carbocycles. The Hall–Kier alpha value is -3.65. The minimum absolute atomic E-state index is 0.0388. The molecule has 2 heterocycles.